The van der Waals surface area contributed by atoms with Gasteiger partial charge in [-0.2, -0.15) is 0 Å². The smallest absolute Gasteiger partial charge is 1.00 e. The predicted octanol–water partition coefficient (Wildman–Crippen LogP) is -2.05. The minimum absolute atomic E-state index is 0. The van der Waals surface area contributed by atoms with Gasteiger partial charge in [0.15, 0.2) is 0 Å². The van der Waals surface area contributed by atoms with E-state index in [1.165, 1.54) is 0 Å². The molecule has 0 rings (SSSR count). The van der Waals surface area contributed by atoms with Crippen molar-refractivity contribution in [3.63, 3.8) is 0 Å². The fraction of sp³-hybridized carbons (Fsp3) is 0. The SMILES string of the molecule is O.[Ba+2].[BiH2].[H-].[H-].[H-].[H-].[Sr+2]. The maximum Gasteiger partial charge on any atom is 2.00 e. The molecule has 0 atom stereocenters. The van der Waals surface area contributed by atoms with Crippen LogP contribution in [0.25, 0.3) is 0 Å². The molecule has 0 saturated carbocycles. The summed E-state index contributed by atoms with van der Waals surface area (Å²) in [6.45, 7) is 0. The zero-order valence-electron chi connectivity index (χ0n) is 6.49. The molecule has 2 N–H and O–H groups in total. The van der Waals surface area contributed by atoms with E-state index >= 15 is 0 Å². The maximum absolute atomic E-state index is 0. The van der Waals surface area contributed by atoms with Crippen LogP contribution in [-0.4, -0.2) is 126 Å². The third-order valence-corrected chi connectivity index (χ3v) is 0. The molecule has 0 amide bonds. The van der Waals surface area contributed by atoms with Crippen molar-refractivity contribution in [1.29, 1.82) is 0 Å². The van der Waals surface area contributed by atoms with E-state index in [-0.39, 0.29) is 132 Å². The van der Waals surface area contributed by atoms with Crippen LogP contribution in [0.1, 0.15) is 5.71 Å². The van der Waals surface area contributed by atoms with Crippen LogP contribution in [0.5, 0.6) is 0 Å². The first-order valence-corrected chi connectivity index (χ1v) is 0. The second kappa shape index (κ2) is 15.8. The molecule has 0 fully saturated rings. The van der Waals surface area contributed by atoms with Crippen molar-refractivity contribution >= 4 is 121 Å². The van der Waals surface area contributed by atoms with Crippen LogP contribution in [0.4, 0.5) is 0 Å². The van der Waals surface area contributed by atoms with Gasteiger partial charge in [0, 0.05) is 0 Å². The Hall–Kier alpha value is 3.90. The summed E-state index contributed by atoms with van der Waals surface area (Å²) >= 11 is 0. The number of hydrogen-bond acceptors (Lipinski definition) is 0. The average Bonchev–Trinajstić information content (AvgIpc) is 0. The van der Waals surface area contributed by atoms with Crippen molar-refractivity contribution in [2.24, 2.45) is 0 Å². The Morgan fingerprint density at radius 1 is 1.25 bits per heavy atom. The summed E-state index contributed by atoms with van der Waals surface area (Å²) in [6.07, 6.45) is 0. The van der Waals surface area contributed by atoms with Gasteiger partial charge < -0.3 is 11.2 Å². The van der Waals surface area contributed by atoms with Gasteiger partial charge in [0.2, 0.25) is 0 Å². The van der Waals surface area contributed by atoms with Crippen molar-refractivity contribution in [3.05, 3.63) is 0 Å². The Morgan fingerprint density at radius 3 is 1.25 bits per heavy atom. The zero-order chi connectivity index (χ0) is 0. The molecule has 0 aliphatic rings. The quantitative estimate of drug-likeness (QED) is 0.375. The van der Waals surface area contributed by atoms with Gasteiger partial charge in [0.05, 0.1) is 0 Å². The van der Waals surface area contributed by atoms with Crippen LogP contribution in [0.15, 0.2) is 0 Å². The normalized spacial score (nSPS) is 0. The van der Waals surface area contributed by atoms with Crippen molar-refractivity contribution in [1.82, 2.24) is 0 Å². The van der Waals surface area contributed by atoms with Gasteiger partial charge in [0.25, 0.3) is 0 Å². The zero-order valence-corrected chi connectivity index (χ0v) is 14.9. The van der Waals surface area contributed by atoms with E-state index in [1.807, 2.05) is 0 Å². The van der Waals surface area contributed by atoms with E-state index in [1.54, 1.807) is 0 Å². The monoisotopic (exact) mass is 459 g/mol. The summed E-state index contributed by atoms with van der Waals surface area (Å²) in [6, 6.07) is 0. The number of rotatable bonds is 0. The molecule has 0 aliphatic heterocycles. The molecule has 0 aromatic carbocycles. The summed E-state index contributed by atoms with van der Waals surface area (Å²) in [5.41, 5.74) is 0. The molecule has 1 nitrogen and oxygen atoms in total. The summed E-state index contributed by atoms with van der Waals surface area (Å²) < 4.78 is 0. The molecular weight excluding hydrogens is 450 g/mol. The van der Waals surface area contributed by atoms with E-state index in [4.69, 9.17) is 0 Å². The van der Waals surface area contributed by atoms with Gasteiger partial charge in [-0.25, -0.2) is 0 Å². The molecular formula is H8BaBiOSr. The van der Waals surface area contributed by atoms with E-state index in [0.29, 0.717) is 0 Å². The average molecular weight is 458 g/mol. The molecule has 1 radical (unpaired) electrons. The Balaban J connectivity index is 0. The van der Waals surface area contributed by atoms with Gasteiger partial charge in [-0.05, 0) is 0 Å². The first-order chi connectivity index (χ1) is 0. The second-order valence-corrected chi connectivity index (χ2v) is 0. The fourth-order valence-electron chi connectivity index (χ4n) is 0. The molecule has 4 heavy (non-hydrogen) atoms. The third kappa shape index (κ3) is 9.31. The minimum atomic E-state index is 0. The molecule has 0 unspecified atom stereocenters. The van der Waals surface area contributed by atoms with E-state index in [9.17, 15) is 0 Å². The molecule has 0 aliphatic carbocycles. The van der Waals surface area contributed by atoms with E-state index in [2.05, 4.69) is 0 Å². The first-order valence-electron chi connectivity index (χ1n) is 0. The fourth-order valence-corrected chi connectivity index (χ4v) is 0. The molecule has 0 heterocycles. The van der Waals surface area contributed by atoms with Crippen LogP contribution in [0.2, 0.25) is 0 Å². The van der Waals surface area contributed by atoms with Gasteiger partial charge in [-0.1, -0.05) is 0 Å². The van der Waals surface area contributed by atoms with Gasteiger partial charge >= 0.3 is 121 Å². The topological polar surface area (TPSA) is 31.5 Å². The Bertz CT molecular complexity index is 16.0. The molecule has 0 spiro atoms. The molecule has 0 saturated heterocycles. The Morgan fingerprint density at radius 2 is 1.25 bits per heavy atom. The van der Waals surface area contributed by atoms with E-state index in [0.717, 1.165) is 0 Å². The molecule has 0 aromatic heterocycles. The van der Waals surface area contributed by atoms with Crippen LogP contribution < -0.4 is 0 Å². The Labute approximate surface area is 128 Å². The van der Waals surface area contributed by atoms with Crippen molar-refractivity contribution in [2.45, 2.75) is 0 Å². The van der Waals surface area contributed by atoms with Gasteiger partial charge in [-0.3, -0.25) is 0 Å². The van der Waals surface area contributed by atoms with Gasteiger partial charge in [-0.15, -0.1) is 0 Å². The van der Waals surface area contributed by atoms with E-state index < -0.39 is 0 Å². The summed E-state index contributed by atoms with van der Waals surface area (Å²) in [5.74, 6) is 0. The number of hydrogen-bond donors (Lipinski definition) is 0. The molecule has 0 aromatic rings. The van der Waals surface area contributed by atoms with Gasteiger partial charge in [0.1, 0.15) is 0 Å². The Kier molecular flexibility index (Phi) is 97.7. The molecule has 23 valence electrons. The molecule has 0 bridgehead atoms. The first kappa shape index (κ1) is 24.7. The van der Waals surface area contributed by atoms with Crippen molar-refractivity contribution < 1.29 is 11.2 Å². The second-order valence-electron chi connectivity index (χ2n) is 0. The maximum atomic E-state index is 0. The summed E-state index contributed by atoms with van der Waals surface area (Å²) in [5, 5.41) is 0. The third-order valence-electron chi connectivity index (χ3n) is 0. The van der Waals surface area contributed by atoms with Crippen LogP contribution >= 0.6 is 0 Å². The predicted molar refractivity (Wildman–Crippen MR) is 28.1 cm³/mol. The van der Waals surface area contributed by atoms with Crippen molar-refractivity contribution in [2.75, 3.05) is 0 Å². The van der Waals surface area contributed by atoms with Crippen LogP contribution in [0.3, 0.4) is 0 Å². The summed E-state index contributed by atoms with van der Waals surface area (Å²) in [7, 11) is 0. The standard InChI is InChI=1S/Ba.Bi.H2O.Sr.6H/h;;1H2;;;;;;;/q+2;;;+2;;;4*-1. The van der Waals surface area contributed by atoms with Crippen molar-refractivity contribution in [3.8, 4) is 0 Å². The van der Waals surface area contributed by atoms with Crippen LogP contribution in [-0.2, 0) is 0 Å². The molecule has 4 heteroatoms. The largest absolute Gasteiger partial charge is 2.00 e. The summed E-state index contributed by atoms with van der Waals surface area (Å²) in [4.78, 5) is 0. The van der Waals surface area contributed by atoms with Crippen LogP contribution in [0, 0.1) is 0 Å². The minimum Gasteiger partial charge on any atom is -1.00 e.